The van der Waals surface area contributed by atoms with Crippen molar-refractivity contribution in [3.8, 4) is 28.4 Å². The molecule has 2 aromatic carbocycles. The second-order valence-corrected chi connectivity index (χ2v) is 9.67. The van der Waals surface area contributed by atoms with E-state index in [0.29, 0.717) is 5.56 Å². The SMILES string of the molecule is O=c1c(-c2ccc(O)cc2)coc2c([C@H]3O[C@@H](CO)[C@@H](O)[C@@H](O[C@@H]4OC[C@@H](O)[C@@H](O)[C@H]4O)[C@H]3O)c(O)cc(O)c12. The molecule has 1 aromatic heterocycles. The summed E-state index contributed by atoms with van der Waals surface area (Å²) >= 11 is 0. The molecule has 0 spiro atoms. The van der Waals surface area contributed by atoms with Gasteiger partial charge in [0.15, 0.2) is 11.9 Å². The van der Waals surface area contributed by atoms with Crippen LogP contribution < -0.4 is 5.43 Å². The third-order valence-electron chi connectivity index (χ3n) is 7.12. The zero-order chi connectivity index (χ0) is 28.9. The Morgan fingerprint density at radius 3 is 2.27 bits per heavy atom. The van der Waals surface area contributed by atoms with Gasteiger partial charge in [0.1, 0.15) is 77.7 Å². The number of hydrogen-bond donors (Lipinski definition) is 9. The molecular formula is C26H28O14. The van der Waals surface area contributed by atoms with Gasteiger partial charge in [0.25, 0.3) is 0 Å². The topological polar surface area (TPSA) is 240 Å². The van der Waals surface area contributed by atoms with Gasteiger partial charge in [-0.1, -0.05) is 12.1 Å². The van der Waals surface area contributed by atoms with Crippen LogP contribution in [0.5, 0.6) is 17.2 Å². The van der Waals surface area contributed by atoms with Gasteiger partial charge in [0.05, 0.1) is 24.3 Å². The summed E-state index contributed by atoms with van der Waals surface area (Å²) in [4.78, 5) is 13.4. The maximum Gasteiger partial charge on any atom is 0.204 e. The summed E-state index contributed by atoms with van der Waals surface area (Å²) in [6, 6.07) is 6.44. The van der Waals surface area contributed by atoms with Crippen molar-refractivity contribution in [1.29, 1.82) is 0 Å². The number of aliphatic hydroxyl groups is 6. The van der Waals surface area contributed by atoms with Crippen molar-refractivity contribution < 1.29 is 64.6 Å². The van der Waals surface area contributed by atoms with Gasteiger partial charge in [0, 0.05) is 6.07 Å². The molecule has 2 saturated heterocycles. The summed E-state index contributed by atoms with van der Waals surface area (Å²) in [5, 5.41) is 92.2. The Balaban J connectivity index is 1.57. The zero-order valence-corrected chi connectivity index (χ0v) is 20.6. The fraction of sp³-hybridized carbons (Fsp3) is 0.423. The standard InChI is InChI=1S/C26H28O14/c27-6-15-20(34)25(40-26-21(35)19(33)14(31)8-38-26)22(36)24(39-15)17-13(30)5-12(29)16-18(32)11(7-37-23(16)17)9-1-3-10(28)4-2-9/h1-5,7,14-15,19-22,24-31,33-36H,6,8H2/t14-,15+,19-,20-,21-,22+,24-,25-,26+/m1/s1. The molecule has 0 unspecified atom stereocenters. The summed E-state index contributed by atoms with van der Waals surface area (Å²) in [7, 11) is 0. The fourth-order valence-electron chi connectivity index (χ4n) is 4.95. The Bertz CT molecular complexity index is 1420. The zero-order valence-electron chi connectivity index (χ0n) is 20.6. The minimum atomic E-state index is -1.85. The molecule has 3 heterocycles. The third kappa shape index (κ3) is 4.79. The van der Waals surface area contributed by atoms with Crippen LogP contribution >= 0.6 is 0 Å². The number of fused-ring (bicyclic) bond motifs is 1. The lowest BCUT2D eigenvalue weighted by atomic mass is 9.89. The minimum absolute atomic E-state index is 0.0126. The van der Waals surface area contributed by atoms with Crippen LogP contribution in [-0.4, -0.2) is 108 Å². The van der Waals surface area contributed by atoms with Crippen molar-refractivity contribution >= 4 is 11.0 Å². The molecule has 5 rings (SSSR count). The molecular weight excluding hydrogens is 536 g/mol. The quantitative estimate of drug-likeness (QED) is 0.172. The first-order valence-electron chi connectivity index (χ1n) is 12.3. The lowest BCUT2D eigenvalue weighted by Gasteiger charge is -2.45. The molecule has 0 saturated carbocycles. The van der Waals surface area contributed by atoms with E-state index in [2.05, 4.69) is 0 Å². The first-order chi connectivity index (χ1) is 19.0. The van der Waals surface area contributed by atoms with E-state index in [-0.39, 0.29) is 27.8 Å². The summed E-state index contributed by atoms with van der Waals surface area (Å²) in [6.07, 6.45) is -13.6. The number of aromatic hydroxyl groups is 3. The van der Waals surface area contributed by atoms with Gasteiger partial charge in [-0.2, -0.15) is 0 Å². The number of phenolic OH excluding ortho intramolecular Hbond substituents is 3. The highest BCUT2D eigenvalue weighted by Crippen LogP contribution is 2.44. The van der Waals surface area contributed by atoms with Gasteiger partial charge in [-0.15, -0.1) is 0 Å². The van der Waals surface area contributed by atoms with E-state index in [1.807, 2.05) is 0 Å². The Kier molecular flexibility index (Phi) is 7.71. The molecule has 2 aliphatic rings. The number of phenols is 3. The van der Waals surface area contributed by atoms with Crippen LogP contribution in [0.2, 0.25) is 0 Å². The molecule has 3 aromatic rings. The van der Waals surface area contributed by atoms with Crippen molar-refractivity contribution in [2.75, 3.05) is 13.2 Å². The van der Waals surface area contributed by atoms with Gasteiger partial charge >= 0.3 is 0 Å². The molecule has 9 atom stereocenters. The first-order valence-corrected chi connectivity index (χ1v) is 12.3. The Morgan fingerprint density at radius 1 is 0.900 bits per heavy atom. The maximum absolute atomic E-state index is 13.4. The van der Waals surface area contributed by atoms with Gasteiger partial charge in [0.2, 0.25) is 5.43 Å². The number of ether oxygens (including phenoxy) is 3. The molecule has 14 heteroatoms. The second kappa shape index (κ2) is 10.9. The van der Waals surface area contributed by atoms with Crippen molar-refractivity contribution in [2.45, 2.75) is 55.1 Å². The molecule has 2 fully saturated rings. The largest absolute Gasteiger partial charge is 0.508 e. The van der Waals surface area contributed by atoms with Gasteiger partial charge in [-0.05, 0) is 17.7 Å². The molecule has 2 aliphatic heterocycles. The number of rotatable bonds is 5. The van der Waals surface area contributed by atoms with Crippen molar-refractivity contribution in [3.05, 3.63) is 52.4 Å². The summed E-state index contributed by atoms with van der Waals surface area (Å²) in [5.74, 6) is -1.34. The number of hydrogen-bond acceptors (Lipinski definition) is 14. The Labute approximate surface area is 225 Å². The molecule has 0 aliphatic carbocycles. The molecule has 0 amide bonds. The predicted molar refractivity (Wildman–Crippen MR) is 132 cm³/mol. The van der Waals surface area contributed by atoms with Crippen LogP contribution in [0, 0.1) is 0 Å². The lowest BCUT2D eigenvalue weighted by molar-refractivity contribution is -0.325. The molecule has 40 heavy (non-hydrogen) atoms. The van der Waals surface area contributed by atoms with Crippen LogP contribution in [0.25, 0.3) is 22.1 Å². The third-order valence-corrected chi connectivity index (χ3v) is 7.12. The molecule has 0 radical (unpaired) electrons. The predicted octanol–water partition coefficient (Wildman–Crippen LogP) is -1.45. The van der Waals surface area contributed by atoms with Gasteiger partial charge in [-0.3, -0.25) is 4.79 Å². The maximum atomic E-state index is 13.4. The van der Waals surface area contributed by atoms with Crippen LogP contribution in [0.4, 0.5) is 0 Å². The van der Waals surface area contributed by atoms with E-state index in [0.717, 1.165) is 12.3 Å². The number of aliphatic hydroxyl groups excluding tert-OH is 6. The van der Waals surface area contributed by atoms with Crippen molar-refractivity contribution in [1.82, 2.24) is 0 Å². The normalized spacial score (nSPS) is 32.8. The smallest absolute Gasteiger partial charge is 0.204 e. The molecule has 9 N–H and O–H groups in total. The monoisotopic (exact) mass is 564 g/mol. The highest BCUT2D eigenvalue weighted by molar-refractivity contribution is 5.91. The van der Waals surface area contributed by atoms with E-state index in [1.54, 1.807) is 0 Å². The summed E-state index contributed by atoms with van der Waals surface area (Å²) < 4.78 is 22.1. The average molecular weight is 564 g/mol. The van der Waals surface area contributed by atoms with Crippen LogP contribution in [-0.2, 0) is 14.2 Å². The summed E-state index contributed by atoms with van der Waals surface area (Å²) in [5.41, 5.74) is -1.03. The Morgan fingerprint density at radius 2 is 1.60 bits per heavy atom. The van der Waals surface area contributed by atoms with E-state index in [1.165, 1.54) is 24.3 Å². The molecule has 0 bridgehead atoms. The van der Waals surface area contributed by atoms with Crippen LogP contribution in [0.3, 0.4) is 0 Å². The molecule has 14 nitrogen and oxygen atoms in total. The highest BCUT2D eigenvalue weighted by atomic mass is 16.7. The summed E-state index contributed by atoms with van der Waals surface area (Å²) in [6.45, 7) is -1.21. The van der Waals surface area contributed by atoms with E-state index in [4.69, 9.17) is 18.6 Å². The minimum Gasteiger partial charge on any atom is -0.508 e. The first kappa shape index (κ1) is 28.2. The van der Waals surface area contributed by atoms with E-state index >= 15 is 0 Å². The van der Waals surface area contributed by atoms with Crippen LogP contribution in [0.15, 0.2) is 45.8 Å². The van der Waals surface area contributed by atoms with E-state index in [9.17, 15) is 50.8 Å². The average Bonchev–Trinajstić information content (AvgIpc) is 2.92. The Hall–Kier alpha value is -3.31. The van der Waals surface area contributed by atoms with E-state index < -0.39 is 85.3 Å². The number of benzene rings is 2. The van der Waals surface area contributed by atoms with Crippen molar-refractivity contribution in [2.24, 2.45) is 0 Å². The van der Waals surface area contributed by atoms with Crippen LogP contribution in [0.1, 0.15) is 11.7 Å². The highest BCUT2D eigenvalue weighted by Gasteiger charge is 2.50. The van der Waals surface area contributed by atoms with Gasteiger partial charge < -0.3 is 64.6 Å². The fourth-order valence-corrected chi connectivity index (χ4v) is 4.95. The molecule has 216 valence electrons. The van der Waals surface area contributed by atoms with Crippen molar-refractivity contribution in [3.63, 3.8) is 0 Å². The lowest BCUT2D eigenvalue weighted by Crippen LogP contribution is -2.61. The second-order valence-electron chi connectivity index (χ2n) is 9.67. The van der Waals surface area contributed by atoms with Gasteiger partial charge in [-0.25, -0.2) is 0 Å².